The number of benzene rings is 1. The molecule has 1 N–H and O–H groups in total. The average Bonchev–Trinajstić information content (AvgIpc) is 3.00. The molecule has 8 nitrogen and oxygen atoms in total. The van der Waals surface area contributed by atoms with Crippen molar-refractivity contribution < 1.29 is 18.7 Å². The Balaban J connectivity index is 1.85. The Labute approximate surface area is 155 Å². The van der Waals surface area contributed by atoms with Gasteiger partial charge in [0.15, 0.2) is 11.5 Å². The smallest absolute Gasteiger partial charge is 0.265 e. The zero-order valence-corrected chi connectivity index (χ0v) is 15.7. The number of methoxy groups -OCH3 is 1. The van der Waals surface area contributed by atoms with Gasteiger partial charge in [-0.2, -0.15) is 0 Å². The zero-order valence-electron chi connectivity index (χ0n) is 15.7. The van der Waals surface area contributed by atoms with Crippen LogP contribution in [0.15, 0.2) is 33.7 Å². The number of nitrogens with one attached hydrogen (secondary N) is 1. The van der Waals surface area contributed by atoms with Crippen LogP contribution >= 0.6 is 0 Å². The van der Waals surface area contributed by atoms with E-state index in [-0.39, 0.29) is 28.8 Å². The second-order valence-corrected chi connectivity index (χ2v) is 5.97. The predicted octanol–water partition coefficient (Wildman–Crippen LogP) is 2.17. The number of carbonyl (C=O) groups excluding carboxylic acids is 1. The summed E-state index contributed by atoms with van der Waals surface area (Å²) in [6.07, 6.45) is 1.36. The second-order valence-electron chi connectivity index (χ2n) is 5.97. The molecule has 2 aromatic heterocycles. The first-order valence-corrected chi connectivity index (χ1v) is 8.48. The highest BCUT2D eigenvalue weighted by Crippen LogP contribution is 2.28. The topological polar surface area (TPSA) is 95.6 Å². The molecular weight excluding hydrogens is 350 g/mol. The Morgan fingerprint density at radius 1 is 1.33 bits per heavy atom. The molecule has 0 radical (unpaired) electrons. The largest absolute Gasteiger partial charge is 0.493 e. The fourth-order valence-corrected chi connectivity index (χ4v) is 2.83. The summed E-state index contributed by atoms with van der Waals surface area (Å²) in [5.74, 6) is 1.18. The number of hydrogen-bond acceptors (Lipinski definition) is 6. The zero-order chi connectivity index (χ0) is 19.6. The number of fused-ring (bicyclic) bond motifs is 1. The summed E-state index contributed by atoms with van der Waals surface area (Å²) in [6.45, 7) is 4.32. The highest BCUT2D eigenvalue weighted by Gasteiger charge is 2.22. The Bertz CT molecular complexity index is 1050. The third-order valence-corrected chi connectivity index (χ3v) is 4.16. The number of ether oxygens (including phenoxy) is 2. The molecule has 0 unspecified atom stereocenters. The summed E-state index contributed by atoms with van der Waals surface area (Å²) in [4.78, 5) is 29.1. The van der Waals surface area contributed by atoms with Gasteiger partial charge in [0.1, 0.15) is 17.5 Å². The Hall–Kier alpha value is -3.29. The molecule has 3 rings (SSSR count). The lowest BCUT2D eigenvalue weighted by atomic mass is 10.1. The maximum Gasteiger partial charge on any atom is 0.265 e. The Morgan fingerprint density at radius 2 is 2.11 bits per heavy atom. The summed E-state index contributed by atoms with van der Waals surface area (Å²) < 4.78 is 17.6. The fourth-order valence-electron chi connectivity index (χ4n) is 2.83. The fraction of sp³-hybridized carbons (Fsp3) is 0.316. The van der Waals surface area contributed by atoms with Gasteiger partial charge >= 0.3 is 0 Å². The van der Waals surface area contributed by atoms with Gasteiger partial charge in [-0.25, -0.2) is 4.98 Å². The molecule has 0 spiro atoms. The first-order valence-electron chi connectivity index (χ1n) is 8.48. The molecule has 0 aliphatic heterocycles. The number of nitrogens with zero attached hydrogens (tertiary/aromatic N) is 2. The van der Waals surface area contributed by atoms with E-state index in [1.807, 2.05) is 13.0 Å². The van der Waals surface area contributed by atoms with Crippen molar-refractivity contribution in [2.24, 2.45) is 7.05 Å². The maximum absolute atomic E-state index is 12.7. The molecule has 0 fully saturated rings. The van der Waals surface area contributed by atoms with Gasteiger partial charge in [0.25, 0.3) is 11.5 Å². The predicted molar refractivity (Wildman–Crippen MR) is 99.3 cm³/mol. The van der Waals surface area contributed by atoms with Crippen molar-refractivity contribution in [1.29, 1.82) is 0 Å². The van der Waals surface area contributed by atoms with Crippen molar-refractivity contribution >= 4 is 17.0 Å². The van der Waals surface area contributed by atoms with Crippen LogP contribution in [0, 0.1) is 6.92 Å². The van der Waals surface area contributed by atoms with E-state index < -0.39 is 5.91 Å². The number of carbonyl (C=O) groups is 1. The van der Waals surface area contributed by atoms with E-state index in [1.54, 1.807) is 33.2 Å². The van der Waals surface area contributed by atoms with Gasteiger partial charge in [-0.1, -0.05) is 6.07 Å². The van der Waals surface area contributed by atoms with E-state index >= 15 is 0 Å². The van der Waals surface area contributed by atoms with Crippen LogP contribution in [-0.2, 0) is 13.6 Å². The van der Waals surface area contributed by atoms with Gasteiger partial charge in [-0.15, -0.1) is 0 Å². The number of rotatable bonds is 6. The van der Waals surface area contributed by atoms with Crippen molar-refractivity contribution in [3.05, 3.63) is 51.8 Å². The van der Waals surface area contributed by atoms with Gasteiger partial charge in [-0.3, -0.25) is 9.59 Å². The highest BCUT2D eigenvalue weighted by molar-refractivity contribution is 6.06. The quantitative estimate of drug-likeness (QED) is 0.713. The molecule has 142 valence electrons. The molecule has 0 aliphatic rings. The lowest BCUT2D eigenvalue weighted by Crippen LogP contribution is -2.25. The molecule has 0 bridgehead atoms. The number of aromatic nitrogens is 2. The van der Waals surface area contributed by atoms with Crippen molar-refractivity contribution in [1.82, 2.24) is 14.9 Å². The maximum atomic E-state index is 12.7. The molecule has 2 heterocycles. The van der Waals surface area contributed by atoms with E-state index in [1.165, 1.54) is 10.9 Å². The third kappa shape index (κ3) is 3.51. The summed E-state index contributed by atoms with van der Waals surface area (Å²) in [6, 6.07) is 5.43. The van der Waals surface area contributed by atoms with Crippen LogP contribution in [0.5, 0.6) is 11.5 Å². The van der Waals surface area contributed by atoms with Crippen LogP contribution < -0.4 is 20.3 Å². The minimum Gasteiger partial charge on any atom is -0.493 e. The number of amides is 1. The SMILES string of the molecule is CCOc1ccc(CNC(=O)c2c(C)oc3ncn(C)c(=O)c23)cc1OC. The van der Waals surface area contributed by atoms with Crippen molar-refractivity contribution in [3.63, 3.8) is 0 Å². The Morgan fingerprint density at radius 3 is 2.81 bits per heavy atom. The highest BCUT2D eigenvalue weighted by atomic mass is 16.5. The van der Waals surface area contributed by atoms with Gasteiger partial charge in [0.05, 0.1) is 19.3 Å². The van der Waals surface area contributed by atoms with E-state index in [0.29, 0.717) is 23.9 Å². The van der Waals surface area contributed by atoms with Gasteiger partial charge in [0, 0.05) is 13.6 Å². The summed E-state index contributed by atoms with van der Waals surface area (Å²) in [7, 11) is 3.13. The second kappa shape index (κ2) is 7.53. The lowest BCUT2D eigenvalue weighted by Gasteiger charge is -2.11. The first-order chi connectivity index (χ1) is 13.0. The molecule has 8 heteroatoms. The van der Waals surface area contributed by atoms with Crippen molar-refractivity contribution in [2.45, 2.75) is 20.4 Å². The third-order valence-electron chi connectivity index (χ3n) is 4.16. The minimum atomic E-state index is -0.399. The molecule has 0 aliphatic carbocycles. The summed E-state index contributed by atoms with van der Waals surface area (Å²) in [5, 5.41) is 2.99. The van der Waals surface area contributed by atoms with Crippen LogP contribution in [0.1, 0.15) is 28.6 Å². The molecule has 0 saturated heterocycles. The molecule has 0 saturated carbocycles. The van der Waals surface area contributed by atoms with Gasteiger partial charge < -0.3 is 23.8 Å². The average molecular weight is 371 g/mol. The van der Waals surface area contributed by atoms with Crippen LogP contribution in [-0.4, -0.2) is 29.2 Å². The summed E-state index contributed by atoms with van der Waals surface area (Å²) >= 11 is 0. The molecule has 27 heavy (non-hydrogen) atoms. The van der Waals surface area contributed by atoms with Crippen LogP contribution in [0.4, 0.5) is 0 Å². The van der Waals surface area contributed by atoms with E-state index in [9.17, 15) is 9.59 Å². The first kappa shape index (κ1) is 18.5. The van der Waals surface area contributed by atoms with Gasteiger partial charge in [0.2, 0.25) is 5.71 Å². The van der Waals surface area contributed by atoms with Crippen LogP contribution in [0.3, 0.4) is 0 Å². The van der Waals surface area contributed by atoms with Crippen molar-refractivity contribution in [3.8, 4) is 11.5 Å². The minimum absolute atomic E-state index is 0.156. The summed E-state index contributed by atoms with van der Waals surface area (Å²) in [5.41, 5.74) is 0.866. The number of furan rings is 1. The molecule has 3 aromatic rings. The standard InChI is InChI=1S/C19H21N3O5/c1-5-26-13-7-6-12(8-14(13)25-4)9-20-17(23)15-11(2)27-18-16(15)19(24)22(3)10-21-18/h6-8,10H,5,9H2,1-4H3,(H,20,23). The molecule has 1 amide bonds. The van der Waals surface area contributed by atoms with E-state index in [0.717, 1.165) is 5.56 Å². The van der Waals surface area contributed by atoms with Gasteiger partial charge in [-0.05, 0) is 31.5 Å². The monoisotopic (exact) mass is 371 g/mol. The number of aryl methyl sites for hydroxylation is 2. The van der Waals surface area contributed by atoms with Crippen molar-refractivity contribution in [2.75, 3.05) is 13.7 Å². The Kier molecular flexibility index (Phi) is 5.16. The normalized spacial score (nSPS) is 10.8. The van der Waals surface area contributed by atoms with Crippen LogP contribution in [0.2, 0.25) is 0 Å². The number of hydrogen-bond donors (Lipinski definition) is 1. The van der Waals surface area contributed by atoms with E-state index in [4.69, 9.17) is 13.9 Å². The molecule has 1 aromatic carbocycles. The lowest BCUT2D eigenvalue weighted by molar-refractivity contribution is 0.0950. The van der Waals surface area contributed by atoms with E-state index in [2.05, 4.69) is 10.3 Å². The molecular formula is C19H21N3O5. The molecule has 0 atom stereocenters. The van der Waals surface area contributed by atoms with Crippen LogP contribution in [0.25, 0.3) is 11.1 Å².